The summed E-state index contributed by atoms with van der Waals surface area (Å²) >= 11 is 0.804. The van der Waals surface area contributed by atoms with Gasteiger partial charge in [-0.05, 0) is 79.6 Å². The summed E-state index contributed by atoms with van der Waals surface area (Å²) in [5.41, 5.74) is 3.46. The number of nitrogens with zero attached hydrogens (tertiary/aromatic N) is 1. The minimum Gasteiger partial charge on any atom is -0.493 e. The first-order valence-corrected chi connectivity index (χ1v) is 10.6. The molecule has 1 aliphatic rings. The predicted molar refractivity (Wildman–Crippen MR) is 121 cm³/mol. The van der Waals surface area contributed by atoms with E-state index in [1.165, 1.54) is 7.11 Å². The Balaban J connectivity index is 1.71. The molecule has 0 saturated carbocycles. The number of benzene rings is 2. The highest BCUT2D eigenvalue weighted by atomic mass is 32.2. The lowest BCUT2D eigenvalue weighted by molar-refractivity contribution is -0.127. The highest BCUT2D eigenvalue weighted by Crippen LogP contribution is 2.34. The number of nitrogens with one attached hydrogen (secondary N) is 1. The topological polar surface area (TPSA) is 84.9 Å². The Morgan fingerprint density at radius 2 is 1.87 bits per heavy atom. The quantitative estimate of drug-likeness (QED) is 0.643. The molecule has 1 heterocycles. The van der Waals surface area contributed by atoms with Gasteiger partial charge in [-0.1, -0.05) is 12.1 Å². The van der Waals surface area contributed by atoms with Gasteiger partial charge in [-0.15, -0.1) is 0 Å². The lowest BCUT2D eigenvalue weighted by Crippen LogP contribution is -2.36. The molecule has 7 nitrogen and oxygen atoms in total. The second kappa shape index (κ2) is 9.70. The fraction of sp³-hybridized carbons (Fsp3) is 0.261. The van der Waals surface area contributed by atoms with Crippen molar-refractivity contribution in [3.63, 3.8) is 0 Å². The van der Waals surface area contributed by atoms with Gasteiger partial charge in [0.15, 0.2) is 11.5 Å². The van der Waals surface area contributed by atoms with Gasteiger partial charge < -0.3 is 14.8 Å². The molecule has 0 atom stereocenters. The molecule has 1 fully saturated rings. The highest BCUT2D eigenvalue weighted by molar-refractivity contribution is 8.18. The Hall–Kier alpha value is -3.26. The number of methoxy groups -OCH3 is 1. The Bertz CT molecular complexity index is 1060. The van der Waals surface area contributed by atoms with Crippen LogP contribution < -0.4 is 14.8 Å². The molecule has 2 aromatic rings. The second-order valence-electron chi connectivity index (χ2n) is 6.96. The van der Waals surface area contributed by atoms with Crippen LogP contribution in [0.4, 0.5) is 10.5 Å². The van der Waals surface area contributed by atoms with Crippen molar-refractivity contribution in [2.75, 3.05) is 25.6 Å². The Morgan fingerprint density at radius 1 is 1.10 bits per heavy atom. The second-order valence-corrected chi connectivity index (χ2v) is 7.95. The van der Waals surface area contributed by atoms with Gasteiger partial charge in [-0.2, -0.15) is 0 Å². The first-order chi connectivity index (χ1) is 14.8. The number of imide groups is 1. The fourth-order valence-corrected chi connectivity index (χ4v) is 3.84. The number of carbonyl (C=O) groups is 3. The summed E-state index contributed by atoms with van der Waals surface area (Å²) in [5.74, 6) is 0.188. The van der Waals surface area contributed by atoms with E-state index in [0.29, 0.717) is 29.4 Å². The molecule has 0 bridgehead atoms. The van der Waals surface area contributed by atoms with Crippen LogP contribution in [0, 0.1) is 13.8 Å². The summed E-state index contributed by atoms with van der Waals surface area (Å²) in [5, 5.41) is 2.25. The van der Waals surface area contributed by atoms with Crippen LogP contribution >= 0.6 is 11.8 Å². The monoisotopic (exact) mass is 440 g/mol. The van der Waals surface area contributed by atoms with E-state index in [1.807, 2.05) is 32.9 Å². The Labute approximate surface area is 185 Å². The highest BCUT2D eigenvalue weighted by Gasteiger charge is 2.36. The molecule has 0 aromatic heterocycles. The van der Waals surface area contributed by atoms with E-state index < -0.39 is 17.1 Å². The van der Waals surface area contributed by atoms with Gasteiger partial charge in [0.2, 0.25) is 5.91 Å². The maximum absolute atomic E-state index is 12.7. The van der Waals surface area contributed by atoms with Crippen LogP contribution in [-0.4, -0.2) is 42.2 Å². The van der Waals surface area contributed by atoms with Crippen LogP contribution in [0.15, 0.2) is 41.3 Å². The molecule has 3 amide bonds. The van der Waals surface area contributed by atoms with Crippen LogP contribution in [0.3, 0.4) is 0 Å². The SMILES string of the molecule is CCOc1ccc(/C=C2/SC(=O)N(CC(=O)Nc3ccc(C)c(C)c3)C2=O)cc1OC. The number of carbonyl (C=O) groups excluding carboxylic acids is 3. The number of ether oxygens (including phenoxy) is 2. The van der Waals surface area contributed by atoms with E-state index in [0.717, 1.165) is 27.8 Å². The smallest absolute Gasteiger partial charge is 0.294 e. The van der Waals surface area contributed by atoms with E-state index in [4.69, 9.17) is 9.47 Å². The van der Waals surface area contributed by atoms with Gasteiger partial charge in [0.25, 0.3) is 11.1 Å². The number of rotatable bonds is 7. The first kappa shape index (κ1) is 22.4. The van der Waals surface area contributed by atoms with Crippen molar-refractivity contribution < 1.29 is 23.9 Å². The average molecular weight is 441 g/mol. The van der Waals surface area contributed by atoms with Crippen LogP contribution in [0.5, 0.6) is 11.5 Å². The molecular formula is C23H24N2O5S. The molecule has 1 aliphatic heterocycles. The molecular weight excluding hydrogens is 416 g/mol. The van der Waals surface area contributed by atoms with Crippen LogP contribution in [0.1, 0.15) is 23.6 Å². The fourth-order valence-electron chi connectivity index (χ4n) is 3.00. The molecule has 1 N–H and O–H groups in total. The van der Waals surface area contributed by atoms with E-state index in [9.17, 15) is 14.4 Å². The molecule has 8 heteroatoms. The standard InChI is InChI=1S/C23H24N2O5S/c1-5-30-18-9-7-16(11-19(18)29-4)12-20-22(27)25(23(28)31-20)13-21(26)24-17-8-6-14(2)15(3)10-17/h6-12H,5,13H2,1-4H3,(H,24,26)/b20-12+. The third kappa shape index (κ3) is 5.27. The molecule has 0 radical (unpaired) electrons. The van der Waals surface area contributed by atoms with Crippen LogP contribution in [0.25, 0.3) is 6.08 Å². The minimum atomic E-state index is -0.502. The summed E-state index contributed by atoms with van der Waals surface area (Å²) in [7, 11) is 1.53. The van der Waals surface area contributed by atoms with Gasteiger partial charge in [-0.3, -0.25) is 19.3 Å². The third-order valence-corrected chi connectivity index (χ3v) is 5.66. The lowest BCUT2D eigenvalue weighted by Gasteiger charge is -2.13. The van der Waals surface area contributed by atoms with Gasteiger partial charge in [0, 0.05) is 5.69 Å². The van der Waals surface area contributed by atoms with Crippen molar-refractivity contribution >= 4 is 40.6 Å². The van der Waals surface area contributed by atoms with Gasteiger partial charge >= 0.3 is 0 Å². The normalized spacial score (nSPS) is 14.8. The summed E-state index contributed by atoms with van der Waals surface area (Å²) in [6.07, 6.45) is 1.60. The van der Waals surface area contributed by atoms with Crippen LogP contribution in [-0.2, 0) is 9.59 Å². The Morgan fingerprint density at radius 3 is 2.55 bits per heavy atom. The van der Waals surface area contributed by atoms with E-state index in [-0.39, 0.29) is 11.4 Å². The molecule has 0 unspecified atom stereocenters. The molecule has 1 saturated heterocycles. The van der Waals surface area contributed by atoms with E-state index in [1.54, 1.807) is 30.3 Å². The summed E-state index contributed by atoms with van der Waals surface area (Å²) in [6, 6.07) is 10.8. The van der Waals surface area contributed by atoms with Crippen molar-refractivity contribution in [2.24, 2.45) is 0 Å². The summed E-state index contributed by atoms with van der Waals surface area (Å²) in [6.45, 7) is 5.95. The zero-order valence-corrected chi connectivity index (χ0v) is 18.7. The molecule has 0 spiro atoms. The number of amides is 3. The van der Waals surface area contributed by atoms with E-state index in [2.05, 4.69) is 5.32 Å². The molecule has 0 aliphatic carbocycles. The largest absolute Gasteiger partial charge is 0.493 e. The van der Waals surface area contributed by atoms with Crippen molar-refractivity contribution in [1.29, 1.82) is 0 Å². The number of anilines is 1. The molecule has 31 heavy (non-hydrogen) atoms. The van der Waals surface area contributed by atoms with Crippen molar-refractivity contribution in [3.05, 3.63) is 58.0 Å². The van der Waals surface area contributed by atoms with Gasteiger partial charge in [-0.25, -0.2) is 0 Å². The number of aryl methyl sites for hydroxylation is 2. The van der Waals surface area contributed by atoms with Gasteiger partial charge in [0.05, 0.1) is 18.6 Å². The first-order valence-electron chi connectivity index (χ1n) is 9.75. The molecule has 162 valence electrons. The van der Waals surface area contributed by atoms with E-state index >= 15 is 0 Å². The van der Waals surface area contributed by atoms with Crippen molar-refractivity contribution in [2.45, 2.75) is 20.8 Å². The molecule has 3 rings (SSSR count). The predicted octanol–water partition coefficient (Wildman–Crippen LogP) is 4.39. The zero-order valence-electron chi connectivity index (χ0n) is 17.9. The zero-order chi connectivity index (χ0) is 22.5. The van der Waals surface area contributed by atoms with Gasteiger partial charge in [0.1, 0.15) is 6.54 Å². The summed E-state index contributed by atoms with van der Waals surface area (Å²) in [4.78, 5) is 38.6. The maximum atomic E-state index is 12.7. The molecule has 2 aromatic carbocycles. The number of hydrogen-bond donors (Lipinski definition) is 1. The maximum Gasteiger partial charge on any atom is 0.294 e. The van der Waals surface area contributed by atoms with Crippen LogP contribution in [0.2, 0.25) is 0 Å². The van der Waals surface area contributed by atoms with Crippen molar-refractivity contribution in [1.82, 2.24) is 4.90 Å². The third-order valence-electron chi connectivity index (χ3n) is 4.75. The number of hydrogen-bond acceptors (Lipinski definition) is 6. The van der Waals surface area contributed by atoms with Crippen molar-refractivity contribution in [3.8, 4) is 11.5 Å². The average Bonchev–Trinajstić information content (AvgIpc) is 2.99. The summed E-state index contributed by atoms with van der Waals surface area (Å²) < 4.78 is 10.8. The number of thioether (sulfide) groups is 1. The lowest BCUT2D eigenvalue weighted by atomic mass is 10.1. The Kier molecular flexibility index (Phi) is 7.02. The minimum absolute atomic E-state index is 0.246.